The Morgan fingerprint density at radius 1 is 1.18 bits per heavy atom. The first kappa shape index (κ1) is 19.7. The van der Waals surface area contributed by atoms with Gasteiger partial charge in [0.05, 0.1) is 5.69 Å². The van der Waals surface area contributed by atoms with Crippen molar-refractivity contribution in [2.45, 2.75) is 5.72 Å². The smallest absolute Gasteiger partial charge is 0.329 e. The zero-order valence-corrected chi connectivity index (χ0v) is 15.4. The Morgan fingerprint density at radius 3 is 2.46 bits per heavy atom. The molecular weight excluding hydrogens is 370 g/mol. The third-order valence-corrected chi connectivity index (χ3v) is 4.39. The zero-order chi connectivity index (χ0) is 20.5. The number of hydrogen-bond acceptors (Lipinski definition) is 4. The summed E-state index contributed by atoms with van der Waals surface area (Å²) >= 11 is 0. The molecule has 28 heavy (non-hydrogen) atoms. The lowest BCUT2D eigenvalue weighted by Gasteiger charge is -2.42. The number of benzene rings is 2. The van der Waals surface area contributed by atoms with E-state index < -0.39 is 35.0 Å². The molecule has 0 spiro atoms. The summed E-state index contributed by atoms with van der Waals surface area (Å²) in [5.74, 6) is -3.15. The van der Waals surface area contributed by atoms with Crippen LogP contribution < -0.4 is 15.5 Å². The Bertz CT molecular complexity index is 902. The average molecular weight is 390 g/mol. The van der Waals surface area contributed by atoms with Crippen LogP contribution in [0.15, 0.2) is 42.5 Å². The zero-order valence-electron chi connectivity index (χ0n) is 15.4. The molecule has 0 radical (unpaired) electrons. The number of carbonyl (C=O) groups excluding carboxylic acids is 2. The average Bonchev–Trinajstić information content (AvgIpc) is 2.63. The highest BCUT2D eigenvalue weighted by Crippen LogP contribution is 2.41. The van der Waals surface area contributed by atoms with E-state index >= 15 is 0 Å². The summed E-state index contributed by atoms with van der Waals surface area (Å²) in [4.78, 5) is 27.9. The van der Waals surface area contributed by atoms with Gasteiger partial charge in [-0.1, -0.05) is 24.3 Å². The summed E-state index contributed by atoms with van der Waals surface area (Å²) < 4.78 is 28.9. The number of para-hydroxylation sites is 2. The molecule has 0 fully saturated rings. The van der Waals surface area contributed by atoms with Crippen molar-refractivity contribution in [2.75, 3.05) is 37.4 Å². The molecule has 2 aromatic carbocycles. The van der Waals surface area contributed by atoms with Crippen LogP contribution in [-0.4, -0.2) is 49.1 Å². The summed E-state index contributed by atoms with van der Waals surface area (Å²) in [7, 11) is 3.59. The largest absolute Gasteiger partial charge is 0.359 e. The van der Waals surface area contributed by atoms with Crippen molar-refractivity contribution >= 4 is 23.3 Å². The highest BCUT2D eigenvalue weighted by molar-refractivity contribution is 6.11. The third-order valence-electron chi connectivity index (χ3n) is 4.39. The molecule has 148 valence electrons. The molecule has 0 aliphatic carbocycles. The van der Waals surface area contributed by atoms with Gasteiger partial charge in [-0.3, -0.25) is 4.79 Å². The number of anilines is 2. The summed E-state index contributed by atoms with van der Waals surface area (Å²) in [5, 5.41) is 16.4. The summed E-state index contributed by atoms with van der Waals surface area (Å²) in [6.07, 6.45) is 0. The van der Waals surface area contributed by atoms with Crippen LogP contribution in [0.1, 0.15) is 5.56 Å². The van der Waals surface area contributed by atoms with Crippen molar-refractivity contribution in [1.82, 2.24) is 10.2 Å². The molecule has 0 saturated heterocycles. The number of aliphatic hydroxyl groups is 1. The molecule has 0 aromatic heterocycles. The van der Waals surface area contributed by atoms with Gasteiger partial charge in [0.2, 0.25) is 0 Å². The fourth-order valence-corrected chi connectivity index (χ4v) is 3.04. The number of hydrogen-bond donors (Lipinski definition) is 3. The van der Waals surface area contributed by atoms with E-state index in [1.807, 2.05) is 0 Å². The van der Waals surface area contributed by atoms with Gasteiger partial charge in [0.25, 0.3) is 11.6 Å². The van der Waals surface area contributed by atoms with Gasteiger partial charge < -0.3 is 20.6 Å². The van der Waals surface area contributed by atoms with Gasteiger partial charge in [-0.2, -0.15) is 0 Å². The second-order valence-electron chi connectivity index (χ2n) is 6.61. The predicted octanol–water partition coefficient (Wildman–Crippen LogP) is 1.84. The van der Waals surface area contributed by atoms with E-state index in [0.717, 1.165) is 18.2 Å². The number of rotatable bonds is 5. The molecule has 7 nitrogen and oxygen atoms in total. The van der Waals surface area contributed by atoms with E-state index in [0.29, 0.717) is 11.4 Å². The monoisotopic (exact) mass is 390 g/mol. The van der Waals surface area contributed by atoms with Crippen LogP contribution in [0.2, 0.25) is 0 Å². The van der Waals surface area contributed by atoms with Crippen LogP contribution in [0.4, 0.5) is 25.0 Å². The molecule has 3 N–H and O–H groups in total. The van der Waals surface area contributed by atoms with E-state index in [2.05, 4.69) is 10.6 Å². The fourth-order valence-electron chi connectivity index (χ4n) is 3.04. The number of halogens is 2. The van der Waals surface area contributed by atoms with E-state index in [1.165, 1.54) is 12.1 Å². The highest BCUT2D eigenvalue weighted by Gasteiger charge is 2.53. The molecule has 3 amide bonds. The van der Waals surface area contributed by atoms with Crippen molar-refractivity contribution in [3.05, 3.63) is 59.7 Å². The normalized spacial score (nSPS) is 18.6. The van der Waals surface area contributed by atoms with Crippen molar-refractivity contribution in [3.63, 3.8) is 0 Å². The number of urea groups is 1. The van der Waals surface area contributed by atoms with E-state index in [9.17, 15) is 23.5 Å². The van der Waals surface area contributed by atoms with E-state index in [4.69, 9.17) is 0 Å². The van der Waals surface area contributed by atoms with Crippen molar-refractivity contribution < 1.29 is 23.5 Å². The lowest BCUT2D eigenvalue weighted by Crippen LogP contribution is -2.63. The van der Waals surface area contributed by atoms with Crippen LogP contribution >= 0.6 is 0 Å². The van der Waals surface area contributed by atoms with Gasteiger partial charge in [0, 0.05) is 18.7 Å². The van der Waals surface area contributed by atoms with Crippen molar-refractivity contribution in [2.24, 2.45) is 0 Å². The summed E-state index contributed by atoms with van der Waals surface area (Å²) in [6.45, 7) is 0.620. The van der Waals surface area contributed by atoms with Crippen LogP contribution in [0.3, 0.4) is 0 Å². The van der Waals surface area contributed by atoms with Gasteiger partial charge in [-0.15, -0.1) is 0 Å². The topological polar surface area (TPSA) is 84.9 Å². The molecule has 0 bridgehead atoms. The first-order chi connectivity index (χ1) is 13.3. The summed E-state index contributed by atoms with van der Waals surface area (Å²) in [5.41, 5.74) is -3.29. The Hall–Kier alpha value is -3.04. The number of nitrogens with zero attached hydrogens (tertiary/aromatic N) is 2. The van der Waals surface area contributed by atoms with Crippen LogP contribution in [0, 0.1) is 11.6 Å². The number of amides is 3. The molecule has 9 heteroatoms. The first-order valence-corrected chi connectivity index (χ1v) is 8.57. The Labute approximate surface area is 160 Å². The number of nitrogens with one attached hydrogen (secondary N) is 2. The Kier molecular flexibility index (Phi) is 5.30. The molecule has 1 atom stereocenters. The standard InChI is InChI=1S/C19H20F2N4O3/c1-24(2)11-10-22-17(26)19(28)12-6-3-4-9-15(12)23-18(27)25(19)16-13(20)7-5-8-14(16)21/h3-9,28H,10-11H2,1-2H3,(H,22,26)(H,23,27). The van der Waals surface area contributed by atoms with Crippen molar-refractivity contribution in [3.8, 4) is 0 Å². The van der Waals surface area contributed by atoms with Crippen LogP contribution in [0.25, 0.3) is 0 Å². The van der Waals surface area contributed by atoms with E-state index in [-0.39, 0.29) is 17.8 Å². The fraction of sp³-hybridized carbons (Fsp3) is 0.263. The lowest BCUT2D eigenvalue weighted by molar-refractivity contribution is -0.140. The Morgan fingerprint density at radius 2 is 1.82 bits per heavy atom. The SMILES string of the molecule is CN(C)CCNC(=O)C1(O)c2ccccc2NC(=O)N1c1c(F)cccc1F. The maximum absolute atomic E-state index is 14.4. The molecule has 1 aliphatic rings. The maximum atomic E-state index is 14.4. The van der Waals surface area contributed by atoms with Gasteiger partial charge in [-0.05, 0) is 32.3 Å². The lowest BCUT2D eigenvalue weighted by atomic mass is 9.94. The number of carbonyl (C=O) groups is 2. The Balaban J connectivity index is 2.14. The van der Waals surface area contributed by atoms with Gasteiger partial charge in [0.15, 0.2) is 0 Å². The molecule has 1 heterocycles. The molecule has 3 rings (SSSR count). The van der Waals surface area contributed by atoms with Crippen LogP contribution in [0.5, 0.6) is 0 Å². The third kappa shape index (κ3) is 3.30. The predicted molar refractivity (Wildman–Crippen MR) is 99.8 cm³/mol. The molecule has 1 unspecified atom stereocenters. The second-order valence-corrected chi connectivity index (χ2v) is 6.61. The second kappa shape index (κ2) is 7.53. The molecule has 2 aromatic rings. The van der Waals surface area contributed by atoms with Gasteiger partial charge in [-0.25, -0.2) is 18.5 Å². The molecular formula is C19H20F2N4O3. The molecule has 0 saturated carbocycles. The quantitative estimate of drug-likeness (QED) is 0.727. The van der Waals surface area contributed by atoms with Gasteiger partial charge in [0.1, 0.15) is 17.3 Å². The minimum absolute atomic E-state index is 0.000365. The number of likely N-dealkylation sites (N-methyl/N-ethyl adjacent to an activating group) is 1. The number of fused-ring (bicyclic) bond motifs is 1. The van der Waals surface area contributed by atoms with E-state index in [1.54, 1.807) is 31.1 Å². The minimum atomic E-state index is -2.64. The van der Waals surface area contributed by atoms with Crippen molar-refractivity contribution in [1.29, 1.82) is 0 Å². The summed E-state index contributed by atoms with van der Waals surface area (Å²) in [6, 6.07) is 8.01. The molecule has 1 aliphatic heterocycles. The highest BCUT2D eigenvalue weighted by atomic mass is 19.1. The minimum Gasteiger partial charge on any atom is -0.359 e. The first-order valence-electron chi connectivity index (χ1n) is 8.57. The maximum Gasteiger partial charge on any atom is 0.329 e. The van der Waals surface area contributed by atoms with Crippen LogP contribution in [-0.2, 0) is 10.5 Å². The van der Waals surface area contributed by atoms with Gasteiger partial charge >= 0.3 is 6.03 Å².